The van der Waals surface area contributed by atoms with Gasteiger partial charge in [0.15, 0.2) is 11.0 Å². The predicted octanol–water partition coefficient (Wildman–Crippen LogP) is 2.91. The fourth-order valence-electron chi connectivity index (χ4n) is 3.97. The molecular weight excluding hydrogens is 380 g/mol. The quantitative estimate of drug-likeness (QED) is 0.664. The van der Waals surface area contributed by atoms with E-state index < -0.39 is 0 Å². The van der Waals surface area contributed by atoms with E-state index >= 15 is 0 Å². The Balaban J connectivity index is 1.24. The van der Waals surface area contributed by atoms with Gasteiger partial charge in [0.1, 0.15) is 0 Å². The van der Waals surface area contributed by atoms with E-state index in [1.54, 1.807) is 0 Å². The number of fused-ring (bicyclic) bond motifs is 1. The number of hydrogen-bond acceptors (Lipinski definition) is 7. The number of anilines is 1. The topological polar surface area (TPSA) is 48.4 Å². The Labute approximate surface area is 175 Å². The van der Waals surface area contributed by atoms with Gasteiger partial charge in [-0.2, -0.15) is 0 Å². The lowest BCUT2D eigenvalue weighted by molar-refractivity contribution is 0.245. The van der Waals surface area contributed by atoms with Gasteiger partial charge in [0.05, 0.1) is 5.69 Å². The molecule has 1 fully saturated rings. The van der Waals surface area contributed by atoms with Gasteiger partial charge in [-0.15, -0.1) is 11.3 Å². The summed E-state index contributed by atoms with van der Waals surface area (Å²) in [7, 11) is 2.19. The number of benzene rings is 1. The number of piperazine rings is 1. The molecule has 0 amide bonds. The zero-order valence-corrected chi connectivity index (χ0v) is 17.6. The molecule has 0 atom stereocenters. The third-order valence-electron chi connectivity index (χ3n) is 5.74. The summed E-state index contributed by atoms with van der Waals surface area (Å²) in [5.74, 6) is 0.831. The zero-order valence-electron chi connectivity index (χ0n) is 16.8. The molecule has 3 aromatic rings. The summed E-state index contributed by atoms with van der Waals surface area (Å²) in [4.78, 5) is 22.8. The maximum absolute atomic E-state index is 4.84. The van der Waals surface area contributed by atoms with Crippen LogP contribution in [0.3, 0.4) is 0 Å². The molecule has 2 aromatic heterocycles. The van der Waals surface area contributed by atoms with Crippen molar-refractivity contribution < 1.29 is 0 Å². The normalized spacial score (nSPS) is 18.0. The highest BCUT2D eigenvalue weighted by molar-refractivity contribution is 7.15. The second-order valence-corrected chi connectivity index (χ2v) is 8.99. The molecular formula is C22H26N6S. The molecule has 6 nitrogen and oxygen atoms in total. The molecule has 0 bridgehead atoms. The Bertz CT molecular complexity index is 964. The van der Waals surface area contributed by atoms with Crippen LogP contribution in [0.15, 0.2) is 42.7 Å². The summed E-state index contributed by atoms with van der Waals surface area (Å²) in [6.45, 7) is 7.26. The van der Waals surface area contributed by atoms with Crippen molar-refractivity contribution in [3.8, 4) is 11.4 Å². The molecule has 29 heavy (non-hydrogen) atoms. The van der Waals surface area contributed by atoms with E-state index in [9.17, 15) is 0 Å². The van der Waals surface area contributed by atoms with Gasteiger partial charge in [-0.25, -0.2) is 15.0 Å². The Hall–Kier alpha value is -2.35. The Morgan fingerprint density at radius 1 is 0.966 bits per heavy atom. The summed E-state index contributed by atoms with van der Waals surface area (Å²) >= 11 is 1.84. The molecule has 0 saturated carbocycles. The van der Waals surface area contributed by atoms with E-state index in [4.69, 9.17) is 9.97 Å². The molecule has 0 spiro atoms. The third kappa shape index (κ3) is 4.17. The number of nitrogens with zero attached hydrogens (tertiary/aromatic N) is 6. The minimum Gasteiger partial charge on any atom is -0.346 e. The van der Waals surface area contributed by atoms with Crippen LogP contribution in [0.4, 0.5) is 5.13 Å². The molecule has 0 unspecified atom stereocenters. The Morgan fingerprint density at radius 2 is 1.79 bits per heavy atom. The largest absolute Gasteiger partial charge is 0.346 e. The second-order valence-electron chi connectivity index (χ2n) is 7.89. The van der Waals surface area contributed by atoms with Crippen molar-refractivity contribution in [2.75, 3.05) is 44.7 Å². The molecule has 2 aliphatic rings. The highest BCUT2D eigenvalue weighted by Gasteiger charge is 2.21. The van der Waals surface area contributed by atoms with Crippen molar-refractivity contribution in [2.45, 2.75) is 19.5 Å². The number of likely N-dealkylation sites (N-methyl/N-ethyl adjacent to an activating group) is 1. The fourth-order valence-corrected chi connectivity index (χ4v) is 4.97. The van der Waals surface area contributed by atoms with Crippen LogP contribution in [0.2, 0.25) is 0 Å². The van der Waals surface area contributed by atoms with Crippen LogP contribution >= 0.6 is 11.3 Å². The van der Waals surface area contributed by atoms with Crippen LogP contribution in [0.25, 0.3) is 11.4 Å². The first kappa shape index (κ1) is 18.7. The van der Waals surface area contributed by atoms with E-state index in [-0.39, 0.29) is 0 Å². The van der Waals surface area contributed by atoms with Crippen molar-refractivity contribution in [1.29, 1.82) is 0 Å². The number of hydrogen-bond donors (Lipinski definition) is 0. The molecule has 4 heterocycles. The van der Waals surface area contributed by atoms with E-state index in [0.29, 0.717) is 0 Å². The molecule has 0 aliphatic carbocycles. The number of rotatable bonds is 4. The fraction of sp³-hybridized carbons (Fsp3) is 0.409. The average Bonchev–Trinajstić information content (AvgIpc) is 3.23. The van der Waals surface area contributed by atoms with Gasteiger partial charge in [-0.1, -0.05) is 30.3 Å². The van der Waals surface area contributed by atoms with Gasteiger partial charge in [-0.3, -0.25) is 4.90 Å². The van der Waals surface area contributed by atoms with E-state index in [0.717, 1.165) is 63.6 Å². The van der Waals surface area contributed by atoms with E-state index in [2.05, 4.69) is 45.1 Å². The first-order valence-corrected chi connectivity index (χ1v) is 11.1. The van der Waals surface area contributed by atoms with Crippen molar-refractivity contribution >= 4 is 16.5 Å². The lowest BCUT2D eigenvalue weighted by Gasteiger charge is -2.32. The van der Waals surface area contributed by atoms with Crippen molar-refractivity contribution in [3.05, 3.63) is 58.9 Å². The molecule has 0 radical (unpaired) electrons. The van der Waals surface area contributed by atoms with Crippen molar-refractivity contribution in [2.24, 2.45) is 0 Å². The van der Waals surface area contributed by atoms with Gasteiger partial charge in [0, 0.05) is 80.6 Å². The number of thiazole rings is 1. The van der Waals surface area contributed by atoms with Gasteiger partial charge in [0.2, 0.25) is 0 Å². The van der Waals surface area contributed by atoms with Gasteiger partial charge >= 0.3 is 0 Å². The minimum atomic E-state index is 0.831. The molecule has 1 saturated heterocycles. The van der Waals surface area contributed by atoms with Gasteiger partial charge in [-0.05, 0) is 7.05 Å². The van der Waals surface area contributed by atoms with E-state index in [1.807, 2.05) is 35.7 Å². The molecule has 150 valence electrons. The van der Waals surface area contributed by atoms with E-state index in [1.165, 1.54) is 21.3 Å². The highest BCUT2D eigenvalue weighted by atomic mass is 32.1. The van der Waals surface area contributed by atoms with Gasteiger partial charge < -0.3 is 9.80 Å². The van der Waals surface area contributed by atoms with Crippen LogP contribution in [0.5, 0.6) is 0 Å². The summed E-state index contributed by atoms with van der Waals surface area (Å²) in [5, 5.41) is 1.17. The average molecular weight is 407 g/mol. The second kappa shape index (κ2) is 8.18. The zero-order chi connectivity index (χ0) is 19.6. The number of aromatic nitrogens is 3. The van der Waals surface area contributed by atoms with Gasteiger partial charge in [0.25, 0.3) is 0 Å². The Morgan fingerprint density at radius 3 is 2.62 bits per heavy atom. The maximum Gasteiger partial charge on any atom is 0.185 e. The maximum atomic E-state index is 4.84. The summed E-state index contributed by atoms with van der Waals surface area (Å²) in [6, 6.07) is 10.2. The van der Waals surface area contributed by atoms with Crippen LogP contribution in [0.1, 0.15) is 16.1 Å². The van der Waals surface area contributed by atoms with Crippen molar-refractivity contribution in [3.63, 3.8) is 0 Å². The monoisotopic (exact) mass is 406 g/mol. The smallest absolute Gasteiger partial charge is 0.185 e. The highest BCUT2D eigenvalue weighted by Crippen LogP contribution is 2.27. The van der Waals surface area contributed by atoms with Crippen LogP contribution in [-0.4, -0.2) is 64.5 Å². The van der Waals surface area contributed by atoms with Crippen LogP contribution < -0.4 is 4.90 Å². The summed E-state index contributed by atoms with van der Waals surface area (Å²) in [6.07, 6.45) is 5.05. The lowest BCUT2D eigenvalue weighted by atomic mass is 10.1. The molecule has 2 aliphatic heterocycles. The predicted molar refractivity (Wildman–Crippen MR) is 117 cm³/mol. The summed E-state index contributed by atoms with van der Waals surface area (Å²) in [5.41, 5.74) is 3.52. The molecule has 0 N–H and O–H groups in total. The minimum absolute atomic E-state index is 0.831. The standard InChI is InChI=1S/C22H26N6S/c1-26-9-11-28(12-10-26)22-24-14-19(29-22)16-27-8-7-20-18(15-27)13-23-21(25-20)17-5-3-2-4-6-17/h2-6,13-14H,7-12,15-16H2,1H3. The molecule has 5 rings (SSSR count). The molecule has 7 heteroatoms. The first-order valence-electron chi connectivity index (χ1n) is 10.3. The Kier molecular flexibility index (Phi) is 5.26. The third-order valence-corrected chi connectivity index (χ3v) is 6.78. The van der Waals surface area contributed by atoms with Crippen LogP contribution in [-0.2, 0) is 19.5 Å². The summed E-state index contributed by atoms with van der Waals surface area (Å²) < 4.78 is 0. The first-order chi connectivity index (χ1) is 14.2. The molecule has 1 aromatic carbocycles. The SMILES string of the molecule is CN1CCN(c2ncc(CN3CCc4nc(-c5ccccc5)ncc4C3)s2)CC1. The van der Waals surface area contributed by atoms with Crippen LogP contribution in [0, 0.1) is 0 Å². The lowest BCUT2D eigenvalue weighted by Crippen LogP contribution is -2.44. The van der Waals surface area contributed by atoms with Crippen molar-refractivity contribution in [1.82, 2.24) is 24.8 Å².